The lowest BCUT2D eigenvalue weighted by molar-refractivity contribution is -0.127. The maximum atomic E-state index is 12.3. The zero-order valence-electron chi connectivity index (χ0n) is 16.0. The topological polar surface area (TPSA) is 74.8 Å². The molecule has 0 bridgehead atoms. The number of carbonyl (C=O) groups is 1. The molecule has 0 saturated carbocycles. The summed E-state index contributed by atoms with van der Waals surface area (Å²) in [5.74, 6) is 0.904. The van der Waals surface area contributed by atoms with E-state index < -0.39 is 0 Å². The lowest BCUT2D eigenvalue weighted by Crippen LogP contribution is -2.29. The fraction of sp³-hybridized carbons (Fsp3) is 0.238. The minimum absolute atomic E-state index is 0.0486. The molecular weight excluding hydrogens is 406 g/mol. The summed E-state index contributed by atoms with van der Waals surface area (Å²) in [6.07, 6.45) is 0.317. The number of rotatable bonds is 8. The maximum absolute atomic E-state index is 12.3. The molecule has 2 aromatic carbocycles. The van der Waals surface area contributed by atoms with Crippen molar-refractivity contribution in [2.75, 3.05) is 19.3 Å². The molecule has 0 radical (unpaired) electrons. The number of hydrogen-bond acceptors (Lipinski definition) is 5. The second kappa shape index (κ2) is 10.1. The third-order valence-corrected chi connectivity index (χ3v) is 5.52. The van der Waals surface area contributed by atoms with Gasteiger partial charge < -0.3 is 4.90 Å². The number of benzene rings is 2. The van der Waals surface area contributed by atoms with Gasteiger partial charge in [0.15, 0.2) is 11.0 Å². The Morgan fingerprint density at radius 2 is 1.90 bits per heavy atom. The molecule has 0 unspecified atom stereocenters. The van der Waals surface area contributed by atoms with E-state index in [0.29, 0.717) is 29.7 Å². The van der Waals surface area contributed by atoms with Crippen molar-refractivity contribution in [3.63, 3.8) is 0 Å². The van der Waals surface area contributed by atoms with Crippen LogP contribution in [0.15, 0.2) is 59.8 Å². The van der Waals surface area contributed by atoms with Crippen molar-refractivity contribution >= 4 is 29.3 Å². The Balaban J connectivity index is 1.83. The summed E-state index contributed by atoms with van der Waals surface area (Å²) in [4.78, 5) is 13.9. The van der Waals surface area contributed by atoms with E-state index in [4.69, 9.17) is 16.9 Å². The van der Waals surface area contributed by atoms with Gasteiger partial charge in [-0.1, -0.05) is 53.7 Å². The lowest BCUT2D eigenvalue weighted by atomic mass is 10.2. The van der Waals surface area contributed by atoms with Crippen molar-refractivity contribution in [1.29, 1.82) is 5.26 Å². The molecule has 0 aliphatic heterocycles. The van der Waals surface area contributed by atoms with Gasteiger partial charge in [-0.25, -0.2) is 0 Å². The molecule has 1 amide bonds. The van der Waals surface area contributed by atoms with Gasteiger partial charge in [0.25, 0.3) is 0 Å². The highest BCUT2D eigenvalue weighted by atomic mass is 35.5. The zero-order valence-corrected chi connectivity index (χ0v) is 17.5. The van der Waals surface area contributed by atoms with Gasteiger partial charge in [0, 0.05) is 24.2 Å². The van der Waals surface area contributed by atoms with Gasteiger partial charge in [-0.15, -0.1) is 10.2 Å². The minimum atomic E-state index is -0.0486. The minimum Gasteiger partial charge on any atom is -0.344 e. The molecule has 0 aliphatic carbocycles. The highest BCUT2D eigenvalue weighted by Gasteiger charge is 2.17. The first-order chi connectivity index (χ1) is 14.1. The van der Waals surface area contributed by atoms with Crippen LogP contribution in [0, 0.1) is 11.3 Å². The van der Waals surface area contributed by atoms with Gasteiger partial charge in [-0.05, 0) is 29.8 Å². The highest BCUT2D eigenvalue weighted by Crippen LogP contribution is 2.26. The molecule has 0 atom stereocenters. The molecule has 0 spiro atoms. The van der Waals surface area contributed by atoms with Crippen LogP contribution in [0.2, 0.25) is 5.02 Å². The Kier molecular flexibility index (Phi) is 7.28. The third-order valence-electron chi connectivity index (χ3n) is 4.31. The molecule has 0 aliphatic rings. The van der Waals surface area contributed by atoms with E-state index >= 15 is 0 Å². The average Bonchev–Trinajstić information content (AvgIpc) is 3.13. The summed E-state index contributed by atoms with van der Waals surface area (Å²) in [5.41, 5.74) is 2.02. The zero-order chi connectivity index (χ0) is 20.6. The van der Waals surface area contributed by atoms with Gasteiger partial charge >= 0.3 is 0 Å². The molecule has 0 N–H and O–H groups in total. The summed E-state index contributed by atoms with van der Waals surface area (Å²) in [6, 6.07) is 19.5. The number of halogens is 1. The molecule has 29 heavy (non-hydrogen) atoms. The van der Waals surface area contributed by atoms with Gasteiger partial charge in [0.1, 0.15) is 0 Å². The predicted octanol–water partition coefficient (Wildman–Crippen LogP) is 4.11. The Hall–Kier alpha value is -2.82. The molecule has 0 fully saturated rings. The first kappa shape index (κ1) is 20.9. The molecule has 6 nitrogen and oxygen atoms in total. The molecule has 148 valence electrons. The number of aromatic nitrogens is 3. The smallest absolute Gasteiger partial charge is 0.232 e. The summed E-state index contributed by atoms with van der Waals surface area (Å²) in [7, 11) is 1.70. The van der Waals surface area contributed by atoms with Gasteiger partial charge in [-0.2, -0.15) is 5.26 Å². The summed E-state index contributed by atoms with van der Waals surface area (Å²) >= 11 is 7.36. The Bertz CT molecular complexity index is 998. The monoisotopic (exact) mass is 425 g/mol. The Labute approximate surface area is 179 Å². The van der Waals surface area contributed by atoms with Crippen molar-refractivity contribution < 1.29 is 4.79 Å². The quantitative estimate of drug-likeness (QED) is 0.507. The number of amides is 1. The summed E-state index contributed by atoms with van der Waals surface area (Å²) < 4.78 is 2.01. The number of hydrogen-bond donors (Lipinski definition) is 0. The second-order valence-corrected chi connectivity index (χ2v) is 7.78. The molecule has 1 heterocycles. The number of thioether (sulfide) groups is 1. The van der Waals surface area contributed by atoms with E-state index in [1.54, 1.807) is 11.9 Å². The predicted molar refractivity (Wildman–Crippen MR) is 115 cm³/mol. The van der Waals surface area contributed by atoms with Gasteiger partial charge in [0.05, 0.1) is 24.8 Å². The molecule has 0 saturated heterocycles. The van der Waals surface area contributed by atoms with E-state index in [9.17, 15) is 4.79 Å². The van der Waals surface area contributed by atoms with Crippen LogP contribution < -0.4 is 0 Å². The third kappa shape index (κ3) is 5.59. The van der Waals surface area contributed by atoms with E-state index in [1.165, 1.54) is 11.8 Å². The average molecular weight is 426 g/mol. The fourth-order valence-corrected chi connectivity index (χ4v) is 3.70. The largest absolute Gasteiger partial charge is 0.344 e. The lowest BCUT2D eigenvalue weighted by Gasteiger charge is -2.15. The molecule has 3 rings (SSSR count). The molecular formula is C21H20ClN5OS. The van der Waals surface area contributed by atoms with Crippen molar-refractivity contribution in [1.82, 2.24) is 19.7 Å². The van der Waals surface area contributed by atoms with Crippen molar-refractivity contribution in [2.45, 2.75) is 18.1 Å². The van der Waals surface area contributed by atoms with E-state index in [-0.39, 0.29) is 11.7 Å². The number of nitriles is 1. The highest BCUT2D eigenvalue weighted by molar-refractivity contribution is 7.99. The van der Waals surface area contributed by atoms with Crippen molar-refractivity contribution in [3.05, 3.63) is 65.2 Å². The van der Waals surface area contributed by atoms with Crippen LogP contribution in [0.4, 0.5) is 0 Å². The van der Waals surface area contributed by atoms with Crippen molar-refractivity contribution in [2.24, 2.45) is 0 Å². The first-order valence-corrected chi connectivity index (χ1v) is 10.4. The van der Waals surface area contributed by atoms with Crippen LogP contribution in [0.1, 0.15) is 12.0 Å². The van der Waals surface area contributed by atoms with Crippen LogP contribution in [-0.2, 0) is 11.3 Å². The maximum Gasteiger partial charge on any atom is 0.232 e. The molecule has 1 aromatic heterocycles. The number of nitrogens with zero attached hydrogens (tertiary/aromatic N) is 5. The Morgan fingerprint density at radius 3 is 2.59 bits per heavy atom. The standard InChI is InChI=1S/C21H20ClN5OS/c1-26(13-5-12-23)19(28)15-29-21-25-24-20(17-8-10-18(22)11-9-17)27(21)14-16-6-3-2-4-7-16/h2-4,6-11H,5,13-15H2,1H3. The van der Waals surface area contributed by atoms with E-state index in [0.717, 1.165) is 17.0 Å². The SMILES string of the molecule is CN(CCC#N)C(=O)CSc1nnc(-c2ccc(Cl)cc2)n1Cc1ccccc1. The van der Waals surface area contributed by atoms with Crippen LogP contribution >= 0.6 is 23.4 Å². The number of carbonyl (C=O) groups excluding carboxylic acids is 1. The molecule has 8 heteroatoms. The van der Waals surface area contributed by atoms with E-state index in [2.05, 4.69) is 16.3 Å². The summed E-state index contributed by atoms with van der Waals surface area (Å²) in [5, 5.41) is 18.7. The van der Waals surface area contributed by atoms with Gasteiger partial charge in [0.2, 0.25) is 5.91 Å². The second-order valence-electron chi connectivity index (χ2n) is 6.40. The molecule has 3 aromatic rings. The fourth-order valence-electron chi connectivity index (χ4n) is 2.70. The Morgan fingerprint density at radius 1 is 1.17 bits per heavy atom. The van der Waals surface area contributed by atoms with Crippen LogP contribution in [0.3, 0.4) is 0 Å². The summed E-state index contributed by atoms with van der Waals surface area (Å²) in [6.45, 7) is 1.01. The van der Waals surface area contributed by atoms with Crippen LogP contribution in [-0.4, -0.2) is 44.9 Å². The van der Waals surface area contributed by atoms with Crippen molar-refractivity contribution in [3.8, 4) is 17.5 Å². The normalized spacial score (nSPS) is 10.5. The van der Waals surface area contributed by atoms with Crippen LogP contribution in [0.25, 0.3) is 11.4 Å². The van der Waals surface area contributed by atoms with Crippen LogP contribution in [0.5, 0.6) is 0 Å². The first-order valence-electron chi connectivity index (χ1n) is 9.05. The van der Waals surface area contributed by atoms with E-state index in [1.807, 2.05) is 59.2 Å². The van der Waals surface area contributed by atoms with Gasteiger partial charge in [-0.3, -0.25) is 9.36 Å².